The van der Waals surface area contributed by atoms with Crippen LogP contribution in [0.2, 0.25) is 0 Å². The topological polar surface area (TPSA) is 16.4 Å². The first kappa shape index (κ1) is 28.4. The van der Waals surface area contributed by atoms with Gasteiger partial charge in [0.15, 0.2) is 0 Å². The van der Waals surface area contributed by atoms with Crippen molar-refractivity contribution >= 4 is 39.0 Å². The van der Waals surface area contributed by atoms with Gasteiger partial charge in [-0.25, -0.2) is 0 Å². The summed E-state index contributed by atoms with van der Waals surface area (Å²) in [6, 6.07) is 59.1. The van der Waals surface area contributed by atoms with Crippen molar-refractivity contribution in [1.29, 1.82) is 0 Å². The molecule has 1 aromatic heterocycles. The number of nitrogens with zero attached hydrogens (tertiary/aromatic N) is 1. The summed E-state index contributed by atoms with van der Waals surface area (Å²) in [5, 5.41) is 2.35. The third kappa shape index (κ3) is 4.41. The van der Waals surface area contributed by atoms with Crippen LogP contribution < -0.4 is 4.90 Å². The van der Waals surface area contributed by atoms with Crippen molar-refractivity contribution in [3.8, 4) is 33.4 Å². The van der Waals surface area contributed by atoms with Crippen LogP contribution in [0.3, 0.4) is 0 Å². The van der Waals surface area contributed by atoms with Crippen LogP contribution in [-0.4, -0.2) is 0 Å². The van der Waals surface area contributed by atoms with Crippen molar-refractivity contribution in [2.45, 2.75) is 25.7 Å². The van der Waals surface area contributed by atoms with Gasteiger partial charge in [0.2, 0.25) is 0 Å². The van der Waals surface area contributed by atoms with Crippen LogP contribution in [0.15, 0.2) is 168 Å². The van der Waals surface area contributed by atoms with Gasteiger partial charge in [-0.2, -0.15) is 0 Å². The summed E-state index contributed by atoms with van der Waals surface area (Å²) in [7, 11) is 0. The molecule has 9 rings (SSSR count). The van der Waals surface area contributed by atoms with Gasteiger partial charge in [0.05, 0.1) is 5.69 Å². The molecule has 2 nitrogen and oxygen atoms in total. The minimum absolute atomic E-state index is 0.201. The quantitative estimate of drug-likeness (QED) is 0.185. The fraction of sp³-hybridized carbons (Fsp3) is 0.0870. The standard InChI is InChI=1S/C46H35NO/c1-3-46(2)41-29-40-37-20-10-11-23-43(37)48-44(40)30-39(41)38-21-13-22-42(45(38)46)47(35-26-24-33(25-27-35)31-14-6-4-7-15-31)36-19-12-18-34(28-36)32-16-8-5-9-17-32/h4-30H,3H2,1-2H3. The molecule has 230 valence electrons. The lowest BCUT2D eigenvalue weighted by molar-refractivity contribution is 0.565. The zero-order valence-electron chi connectivity index (χ0n) is 27.2. The van der Waals surface area contributed by atoms with E-state index in [4.69, 9.17) is 4.42 Å². The second-order valence-electron chi connectivity index (χ2n) is 13.0. The smallest absolute Gasteiger partial charge is 0.136 e. The minimum atomic E-state index is -0.201. The number of fused-ring (bicyclic) bond motifs is 6. The molecule has 0 saturated carbocycles. The highest BCUT2D eigenvalue weighted by Crippen LogP contribution is 2.57. The number of hydrogen-bond acceptors (Lipinski definition) is 2. The van der Waals surface area contributed by atoms with E-state index < -0.39 is 0 Å². The molecule has 1 unspecified atom stereocenters. The van der Waals surface area contributed by atoms with E-state index in [1.165, 1.54) is 61.0 Å². The van der Waals surface area contributed by atoms with E-state index in [2.05, 4.69) is 176 Å². The molecule has 0 spiro atoms. The third-order valence-electron chi connectivity index (χ3n) is 10.4. The Balaban J connectivity index is 1.26. The Labute approximate surface area is 281 Å². The van der Waals surface area contributed by atoms with Crippen LogP contribution in [-0.2, 0) is 5.41 Å². The van der Waals surface area contributed by atoms with Crippen molar-refractivity contribution in [3.05, 3.63) is 175 Å². The van der Waals surface area contributed by atoms with E-state index in [0.717, 1.165) is 29.0 Å². The maximum atomic E-state index is 6.40. The molecule has 7 aromatic carbocycles. The molecule has 8 aromatic rings. The largest absolute Gasteiger partial charge is 0.456 e. The Morgan fingerprint density at radius 1 is 0.500 bits per heavy atom. The highest BCUT2D eigenvalue weighted by Gasteiger charge is 2.41. The second kappa shape index (κ2) is 11.1. The summed E-state index contributed by atoms with van der Waals surface area (Å²) in [6.45, 7) is 4.74. The SMILES string of the molecule is CCC1(C)c2cc3c(cc2-c2cccc(N(c4ccc(-c5ccccc5)cc4)c4cccc(-c5ccccc5)c4)c21)oc1ccccc13. The average molecular weight is 618 g/mol. The molecule has 0 amide bonds. The van der Waals surface area contributed by atoms with Gasteiger partial charge in [-0.15, -0.1) is 0 Å². The average Bonchev–Trinajstić information content (AvgIpc) is 3.64. The minimum Gasteiger partial charge on any atom is -0.456 e. The zero-order valence-corrected chi connectivity index (χ0v) is 27.2. The third-order valence-corrected chi connectivity index (χ3v) is 10.4. The van der Waals surface area contributed by atoms with Crippen LogP contribution in [0, 0.1) is 0 Å². The molecule has 1 heterocycles. The Bertz CT molecular complexity index is 2440. The van der Waals surface area contributed by atoms with Crippen molar-refractivity contribution in [2.75, 3.05) is 4.90 Å². The number of benzene rings is 7. The lowest BCUT2D eigenvalue weighted by atomic mass is 9.76. The molecular formula is C46H35NO. The molecular weight excluding hydrogens is 583 g/mol. The lowest BCUT2D eigenvalue weighted by Crippen LogP contribution is -2.23. The molecule has 0 aliphatic heterocycles. The normalized spacial score (nSPS) is 15.0. The van der Waals surface area contributed by atoms with Gasteiger partial charge in [0.1, 0.15) is 11.2 Å². The summed E-state index contributed by atoms with van der Waals surface area (Å²) in [5.41, 5.74) is 15.2. The number of hydrogen-bond donors (Lipinski definition) is 0. The van der Waals surface area contributed by atoms with E-state index in [1.807, 2.05) is 6.07 Å². The van der Waals surface area contributed by atoms with Gasteiger partial charge in [-0.05, 0) is 99.5 Å². The second-order valence-corrected chi connectivity index (χ2v) is 13.0. The van der Waals surface area contributed by atoms with Crippen molar-refractivity contribution in [2.24, 2.45) is 0 Å². The van der Waals surface area contributed by atoms with Gasteiger partial charge >= 0.3 is 0 Å². The zero-order chi connectivity index (χ0) is 32.2. The summed E-state index contributed by atoms with van der Waals surface area (Å²) in [6.07, 6.45) is 0.968. The highest BCUT2D eigenvalue weighted by molar-refractivity contribution is 6.08. The van der Waals surface area contributed by atoms with Gasteiger partial charge < -0.3 is 9.32 Å². The van der Waals surface area contributed by atoms with Crippen LogP contribution in [0.4, 0.5) is 17.1 Å². The van der Waals surface area contributed by atoms with Gasteiger partial charge in [0, 0.05) is 27.6 Å². The van der Waals surface area contributed by atoms with E-state index in [9.17, 15) is 0 Å². The highest BCUT2D eigenvalue weighted by atomic mass is 16.3. The van der Waals surface area contributed by atoms with E-state index in [1.54, 1.807) is 0 Å². The predicted octanol–water partition coefficient (Wildman–Crippen LogP) is 13.1. The van der Waals surface area contributed by atoms with E-state index in [-0.39, 0.29) is 5.41 Å². The van der Waals surface area contributed by atoms with Crippen molar-refractivity contribution in [3.63, 3.8) is 0 Å². The van der Waals surface area contributed by atoms with Crippen molar-refractivity contribution < 1.29 is 4.42 Å². The number of anilines is 3. The molecule has 0 bridgehead atoms. The van der Waals surface area contributed by atoms with E-state index in [0.29, 0.717) is 0 Å². The number of para-hydroxylation sites is 1. The lowest BCUT2D eigenvalue weighted by Gasteiger charge is -2.34. The van der Waals surface area contributed by atoms with Crippen molar-refractivity contribution in [1.82, 2.24) is 0 Å². The maximum Gasteiger partial charge on any atom is 0.136 e. The molecule has 0 N–H and O–H groups in total. The molecule has 2 heteroatoms. The monoisotopic (exact) mass is 617 g/mol. The molecule has 0 saturated heterocycles. The van der Waals surface area contributed by atoms with Crippen LogP contribution in [0.25, 0.3) is 55.3 Å². The summed E-state index contributed by atoms with van der Waals surface area (Å²) in [5.74, 6) is 0. The van der Waals surface area contributed by atoms with E-state index >= 15 is 0 Å². The molecule has 0 fully saturated rings. The molecule has 1 atom stereocenters. The van der Waals surface area contributed by atoms with Gasteiger partial charge in [0.25, 0.3) is 0 Å². The van der Waals surface area contributed by atoms with Gasteiger partial charge in [-0.3, -0.25) is 0 Å². The Hall–Kier alpha value is -5.86. The molecule has 0 radical (unpaired) electrons. The fourth-order valence-corrected chi connectivity index (χ4v) is 7.80. The van der Waals surface area contributed by atoms with Gasteiger partial charge in [-0.1, -0.05) is 129 Å². The predicted molar refractivity (Wildman–Crippen MR) is 201 cm³/mol. The molecule has 1 aliphatic carbocycles. The fourth-order valence-electron chi connectivity index (χ4n) is 7.80. The maximum absolute atomic E-state index is 6.40. The first-order valence-electron chi connectivity index (χ1n) is 16.8. The Kier molecular flexibility index (Phi) is 6.58. The first-order chi connectivity index (χ1) is 23.6. The first-order valence-corrected chi connectivity index (χ1v) is 16.8. The Morgan fingerprint density at radius 2 is 1.15 bits per heavy atom. The summed E-state index contributed by atoms with van der Waals surface area (Å²) in [4.78, 5) is 2.46. The van der Waals surface area contributed by atoms with Crippen LogP contribution >= 0.6 is 0 Å². The van der Waals surface area contributed by atoms with Crippen LogP contribution in [0.1, 0.15) is 31.4 Å². The summed E-state index contributed by atoms with van der Waals surface area (Å²) >= 11 is 0. The number of rotatable bonds is 6. The summed E-state index contributed by atoms with van der Waals surface area (Å²) < 4.78 is 6.40. The molecule has 1 aliphatic rings. The Morgan fingerprint density at radius 3 is 1.90 bits per heavy atom. The number of furan rings is 1. The van der Waals surface area contributed by atoms with Crippen LogP contribution in [0.5, 0.6) is 0 Å². The molecule has 48 heavy (non-hydrogen) atoms.